The molecule has 2 rings (SSSR count). The first-order chi connectivity index (χ1) is 7.83. The molecule has 0 spiro atoms. The van der Waals surface area contributed by atoms with E-state index >= 15 is 0 Å². The Morgan fingerprint density at radius 2 is 2.18 bits per heavy atom. The van der Waals surface area contributed by atoms with Gasteiger partial charge >= 0.3 is 5.97 Å². The van der Waals surface area contributed by atoms with Crippen LogP contribution in [0.15, 0.2) is 23.1 Å². The molecule has 0 radical (unpaired) electrons. The first-order valence-electron chi connectivity index (χ1n) is 4.81. The SMILES string of the molecule is CN1c2cc(F)ccc2S(=O)(=O)CC1C(=O)O. The summed E-state index contributed by atoms with van der Waals surface area (Å²) in [6, 6.07) is 2.05. The number of anilines is 1. The van der Waals surface area contributed by atoms with E-state index in [1.807, 2.05) is 0 Å². The van der Waals surface area contributed by atoms with E-state index in [9.17, 15) is 17.6 Å². The average molecular weight is 259 g/mol. The van der Waals surface area contributed by atoms with Crippen molar-refractivity contribution in [3.8, 4) is 0 Å². The quantitative estimate of drug-likeness (QED) is 0.743. The Morgan fingerprint density at radius 1 is 1.53 bits per heavy atom. The topological polar surface area (TPSA) is 74.7 Å². The number of carboxylic acid groups (broad SMARTS) is 1. The van der Waals surface area contributed by atoms with Gasteiger partial charge in [0.05, 0.1) is 16.3 Å². The molecule has 0 aliphatic carbocycles. The molecule has 0 aromatic heterocycles. The molecule has 1 aliphatic rings. The number of likely N-dealkylation sites (N-methyl/N-ethyl adjacent to an activating group) is 1. The maximum Gasteiger partial charge on any atom is 0.327 e. The average Bonchev–Trinajstić information content (AvgIpc) is 2.23. The maximum atomic E-state index is 13.1. The molecular formula is C10H10FNO4S. The lowest BCUT2D eigenvalue weighted by molar-refractivity contribution is -0.138. The molecule has 0 saturated carbocycles. The second-order valence-electron chi connectivity index (χ2n) is 3.86. The molecule has 7 heteroatoms. The number of hydrogen-bond acceptors (Lipinski definition) is 4. The minimum absolute atomic E-state index is 0.0288. The van der Waals surface area contributed by atoms with Crippen LogP contribution in [0.5, 0.6) is 0 Å². The summed E-state index contributed by atoms with van der Waals surface area (Å²) in [5, 5.41) is 8.94. The lowest BCUT2D eigenvalue weighted by Crippen LogP contribution is -2.47. The van der Waals surface area contributed by atoms with Gasteiger partial charge in [-0.1, -0.05) is 0 Å². The zero-order valence-electron chi connectivity index (χ0n) is 8.92. The molecule has 1 unspecified atom stereocenters. The molecule has 1 aromatic rings. The fraction of sp³-hybridized carbons (Fsp3) is 0.300. The Bertz CT molecular complexity index is 584. The van der Waals surface area contributed by atoms with Crippen molar-refractivity contribution < 1.29 is 22.7 Å². The van der Waals surface area contributed by atoms with Crippen LogP contribution in [0, 0.1) is 5.82 Å². The molecule has 0 saturated heterocycles. The van der Waals surface area contributed by atoms with Crippen molar-refractivity contribution in [3.05, 3.63) is 24.0 Å². The number of carbonyl (C=O) groups is 1. The number of benzene rings is 1. The number of aliphatic carboxylic acids is 1. The van der Waals surface area contributed by atoms with Gasteiger partial charge in [-0.3, -0.25) is 0 Å². The standard InChI is InChI=1S/C10H10FNO4S/c1-12-7-4-6(11)2-3-9(7)17(15,16)5-8(12)10(13)14/h2-4,8H,5H2,1H3,(H,13,14). The minimum atomic E-state index is -3.68. The van der Waals surface area contributed by atoms with E-state index in [0.717, 1.165) is 18.2 Å². The van der Waals surface area contributed by atoms with Gasteiger partial charge in [0.1, 0.15) is 11.9 Å². The Balaban J connectivity index is 2.66. The fourth-order valence-corrected chi connectivity index (χ4v) is 3.60. The van der Waals surface area contributed by atoms with Gasteiger partial charge < -0.3 is 10.0 Å². The highest BCUT2D eigenvalue weighted by Crippen LogP contribution is 2.32. The van der Waals surface area contributed by atoms with Gasteiger partial charge in [0.2, 0.25) is 0 Å². The van der Waals surface area contributed by atoms with Crippen LogP contribution in [-0.2, 0) is 14.6 Å². The van der Waals surface area contributed by atoms with Crippen molar-refractivity contribution in [3.63, 3.8) is 0 Å². The van der Waals surface area contributed by atoms with E-state index in [4.69, 9.17) is 5.11 Å². The van der Waals surface area contributed by atoms with Crippen molar-refractivity contribution in [2.75, 3.05) is 17.7 Å². The second kappa shape index (κ2) is 3.69. The zero-order chi connectivity index (χ0) is 12.8. The first kappa shape index (κ1) is 11.8. The third kappa shape index (κ3) is 1.86. The van der Waals surface area contributed by atoms with Crippen molar-refractivity contribution in [1.29, 1.82) is 0 Å². The summed E-state index contributed by atoms with van der Waals surface area (Å²) >= 11 is 0. The predicted molar refractivity (Wildman–Crippen MR) is 58.3 cm³/mol. The lowest BCUT2D eigenvalue weighted by atomic mass is 10.2. The monoisotopic (exact) mass is 259 g/mol. The van der Waals surface area contributed by atoms with E-state index in [0.29, 0.717) is 0 Å². The number of rotatable bonds is 1. The summed E-state index contributed by atoms with van der Waals surface area (Å²) in [5.41, 5.74) is 0.0867. The smallest absolute Gasteiger partial charge is 0.327 e. The second-order valence-corrected chi connectivity index (χ2v) is 5.86. The van der Waals surface area contributed by atoms with Crippen molar-refractivity contribution in [1.82, 2.24) is 0 Å². The van der Waals surface area contributed by atoms with E-state index in [1.54, 1.807) is 0 Å². The molecule has 1 heterocycles. The Morgan fingerprint density at radius 3 is 2.76 bits per heavy atom. The molecule has 92 valence electrons. The first-order valence-corrected chi connectivity index (χ1v) is 6.46. The maximum absolute atomic E-state index is 13.1. The van der Waals surface area contributed by atoms with Crippen molar-refractivity contribution >= 4 is 21.5 Å². The highest BCUT2D eigenvalue weighted by molar-refractivity contribution is 7.91. The molecule has 0 fully saturated rings. The van der Waals surface area contributed by atoms with Crippen LogP contribution in [0.4, 0.5) is 10.1 Å². The lowest BCUT2D eigenvalue weighted by Gasteiger charge is -2.32. The fourth-order valence-electron chi connectivity index (χ4n) is 1.84. The van der Waals surface area contributed by atoms with Gasteiger partial charge in [0, 0.05) is 7.05 Å². The van der Waals surface area contributed by atoms with Crippen LogP contribution in [0.25, 0.3) is 0 Å². The van der Waals surface area contributed by atoms with Crippen LogP contribution in [0.3, 0.4) is 0 Å². The molecule has 1 atom stereocenters. The number of carboxylic acids is 1. The summed E-state index contributed by atoms with van der Waals surface area (Å²) in [6.45, 7) is 0. The van der Waals surface area contributed by atoms with Crippen LogP contribution >= 0.6 is 0 Å². The normalized spacial score (nSPS) is 22.0. The Labute approximate surface area is 97.4 Å². The largest absolute Gasteiger partial charge is 0.480 e. The molecule has 1 aliphatic heterocycles. The molecule has 0 amide bonds. The van der Waals surface area contributed by atoms with Crippen LogP contribution < -0.4 is 4.90 Å². The van der Waals surface area contributed by atoms with Gasteiger partial charge in [-0.2, -0.15) is 0 Å². The molecular weight excluding hydrogens is 249 g/mol. The third-order valence-electron chi connectivity index (χ3n) is 2.77. The summed E-state index contributed by atoms with van der Waals surface area (Å²) in [7, 11) is -2.24. The van der Waals surface area contributed by atoms with Crippen LogP contribution in [0.2, 0.25) is 0 Å². The van der Waals surface area contributed by atoms with Gasteiger partial charge in [0.15, 0.2) is 9.84 Å². The molecule has 17 heavy (non-hydrogen) atoms. The van der Waals surface area contributed by atoms with E-state index < -0.39 is 33.4 Å². The van der Waals surface area contributed by atoms with Crippen molar-refractivity contribution in [2.24, 2.45) is 0 Å². The van der Waals surface area contributed by atoms with Gasteiger partial charge in [0.25, 0.3) is 0 Å². The van der Waals surface area contributed by atoms with E-state index in [-0.39, 0.29) is 10.6 Å². The summed E-state index contributed by atoms with van der Waals surface area (Å²) in [5.74, 6) is -2.35. The van der Waals surface area contributed by atoms with Crippen LogP contribution in [0.1, 0.15) is 0 Å². The third-order valence-corrected chi connectivity index (χ3v) is 4.54. The Hall–Kier alpha value is -1.63. The minimum Gasteiger partial charge on any atom is -0.480 e. The van der Waals surface area contributed by atoms with Crippen LogP contribution in [-0.4, -0.2) is 38.3 Å². The van der Waals surface area contributed by atoms with E-state index in [1.165, 1.54) is 11.9 Å². The number of nitrogens with zero attached hydrogens (tertiary/aromatic N) is 1. The van der Waals surface area contributed by atoms with E-state index in [2.05, 4.69) is 0 Å². The summed E-state index contributed by atoms with van der Waals surface area (Å²) in [6.07, 6.45) is 0. The highest BCUT2D eigenvalue weighted by Gasteiger charge is 2.37. The molecule has 1 aromatic carbocycles. The predicted octanol–water partition coefficient (Wildman–Crippen LogP) is 0.502. The molecule has 1 N–H and O–H groups in total. The summed E-state index contributed by atoms with van der Waals surface area (Å²) in [4.78, 5) is 12.2. The molecule has 0 bridgehead atoms. The summed E-state index contributed by atoms with van der Waals surface area (Å²) < 4.78 is 36.7. The number of sulfone groups is 1. The van der Waals surface area contributed by atoms with Gasteiger partial charge in [-0.05, 0) is 18.2 Å². The number of halogens is 1. The number of hydrogen-bond donors (Lipinski definition) is 1. The number of fused-ring (bicyclic) bond motifs is 1. The van der Waals surface area contributed by atoms with Crippen molar-refractivity contribution in [2.45, 2.75) is 10.9 Å². The van der Waals surface area contributed by atoms with Gasteiger partial charge in [-0.15, -0.1) is 0 Å². The zero-order valence-corrected chi connectivity index (χ0v) is 9.74. The van der Waals surface area contributed by atoms with Gasteiger partial charge in [-0.25, -0.2) is 17.6 Å². The molecule has 5 nitrogen and oxygen atoms in total. The Kier molecular flexibility index (Phi) is 2.57. The highest BCUT2D eigenvalue weighted by atomic mass is 32.2.